The molecule has 0 bridgehead atoms. The fraction of sp³-hybridized carbons (Fsp3) is 0.907. The van der Waals surface area contributed by atoms with Gasteiger partial charge in [-0.05, 0) is 32.1 Å². The summed E-state index contributed by atoms with van der Waals surface area (Å²) in [6, 6.07) is -0.759. The van der Waals surface area contributed by atoms with E-state index in [0.717, 1.165) is 32.1 Å². The number of rotatable bonds is 49. The first-order valence-electron chi connectivity index (χ1n) is 26.6. The second-order valence-corrected chi connectivity index (χ2v) is 18.5. The Morgan fingerprint density at radius 2 is 0.729 bits per heavy atom. The number of carbonyl (C=O) groups excluding carboxylic acids is 1. The molecule has 0 aromatic rings. The monoisotopic (exact) mass is 832 g/mol. The van der Waals surface area contributed by atoms with Crippen LogP contribution in [0, 0.1) is 0 Å². The Morgan fingerprint density at radius 3 is 1.08 bits per heavy atom. The molecule has 0 aliphatic rings. The number of aliphatic hydroxyl groups is 3. The Morgan fingerprint density at radius 1 is 0.424 bits per heavy atom. The molecule has 0 radical (unpaired) electrons. The van der Waals surface area contributed by atoms with Gasteiger partial charge in [0.2, 0.25) is 5.91 Å². The van der Waals surface area contributed by atoms with Crippen LogP contribution in [0.2, 0.25) is 0 Å². The minimum Gasteiger partial charge on any atom is -0.394 e. The largest absolute Gasteiger partial charge is 0.394 e. The summed E-state index contributed by atoms with van der Waals surface area (Å²) >= 11 is 0. The molecule has 0 aromatic carbocycles. The first-order valence-corrected chi connectivity index (χ1v) is 26.6. The van der Waals surface area contributed by atoms with Crippen molar-refractivity contribution < 1.29 is 20.1 Å². The van der Waals surface area contributed by atoms with Crippen molar-refractivity contribution in [1.29, 1.82) is 0 Å². The van der Waals surface area contributed by atoms with Gasteiger partial charge in [-0.2, -0.15) is 0 Å². The SMILES string of the molecule is CCCCCCCCCCCCCCCCCCCCC/C=C/CC/C=C/C(O)C(CO)NC(=O)CC(O)CCCCCCCCCCCCCCCCCCCCC. The summed E-state index contributed by atoms with van der Waals surface area (Å²) in [5.41, 5.74) is 0. The van der Waals surface area contributed by atoms with Crippen LogP contribution in [0.1, 0.15) is 290 Å². The van der Waals surface area contributed by atoms with Gasteiger partial charge in [0.25, 0.3) is 0 Å². The highest BCUT2D eigenvalue weighted by molar-refractivity contribution is 5.76. The van der Waals surface area contributed by atoms with Crippen molar-refractivity contribution in [2.75, 3.05) is 6.61 Å². The molecule has 0 aliphatic carbocycles. The van der Waals surface area contributed by atoms with Gasteiger partial charge in [-0.1, -0.05) is 276 Å². The molecule has 0 aliphatic heterocycles. The number of aliphatic hydroxyl groups excluding tert-OH is 3. The predicted octanol–water partition coefficient (Wildman–Crippen LogP) is 16.1. The molecule has 0 saturated carbocycles. The van der Waals surface area contributed by atoms with Crippen LogP contribution < -0.4 is 5.32 Å². The number of allylic oxidation sites excluding steroid dienone is 3. The molecule has 0 rings (SSSR count). The Labute approximate surface area is 369 Å². The van der Waals surface area contributed by atoms with Crippen molar-refractivity contribution in [3.8, 4) is 0 Å². The fourth-order valence-electron chi connectivity index (χ4n) is 8.42. The van der Waals surface area contributed by atoms with Crippen LogP contribution >= 0.6 is 0 Å². The van der Waals surface area contributed by atoms with Crippen molar-refractivity contribution in [1.82, 2.24) is 5.32 Å². The van der Waals surface area contributed by atoms with E-state index in [0.29, 0.717) is 6.42 Å². The molecule has 3 atom stereocenters. The lowest BCUT2D eigenvalue weighted by atomic mass is 10.0. The van der Waals surface area contributed by atoms with Crippen LogP contribution in [0.4, 0.5) is 0 Å². The summed E-state index contributed by atoms with van der Waals surface area (Å²) in [6.07, 6.45) is 62.1. The van der Waals surface area contributed by atoms with Crippen molar-refractivity contribution in [3.05, 3.63) is 24.3 Å². The number of hydrogen-bond acceptors (Lipinski definition) is 4. The molecule has 0 aromatic heterocycles. The quantitative estimate of drug-likeness (QED) is 0.0363. The summed E-state index contributed by atoms with van der Waals surface area (Å²) in [4.78, 5) is 12.5. The smallest absolute Gasteiger partial charge is 0.222 e. The van der Waals surface area contributed by atoms with Crippen LogP contribution in [0.25, 0.3) is 0 Å². The van der Waals surface area contributed by atoms with Gasteiger partial charge >= 0.3 is 0 Å². The molecule has 0 spiro atoms. The predicted molar refractivity (Wildman–Crippen MR) is 259 cm³/mol. The number of hydrogen-bond donors (Lipinski definition) is 4. The lowest BCUT2D eigenvalue weighted by Crippen LogP contribution is -2.45. The molecular weight excluding hydrogens is 727 g/mol. The second kappa shape index (κ2) is 49.5. The summed E-state index contributed by atoms with van der Waals surface area (Å²) in [6.45, 7) is 4.24. The number of carbonyl (C=O) groups is 1. The van der Waals surface area contributed by atoms with Crippen LogP contribution in [0.5, 0.6) is 0 Å². The molecule has 1 amide bonds. The fourth-order valence-corrected chi connectivity index (χ4v) is 8.42. The second-order valence-electron chi connectivity index (χ2n) is 18.5. The van der Waals surface area contributed by atoms with E-state index in [-0.39, 0.29) is 18.9 Å². The molecule has 0 heterocycles. The van der Waals surface area contributed by atoms with E-state index in [4.69, 9.17) is 0 Å². The van der Waals surface area contributed by atoms with E-state index in [1.165, 1.54) is 231 Å². The summed E-state index contributed by atoms with van der Waals surface area (Å²) in [5.74, 6) is -0.320. The van der Waals surface area contributed by atoms with Gasteiger partial charge in [0.05, 0.1) is 31.3 Å². The standard InChI is InChI=1S/C54H105NO4/c1-3-5-7-9-11-13-15-17-19-21-23-24-25-26-27-28-30-32-34-36-38-40-42-44-46-48-53(58)52(50-56)55-54(59)49-51(57)47-45-43-41-39-37-35-33-31-29-22-20-18-16-14-12-10-8-6-4-2/h38,40,46,48,51-53,56-58H,3-37,39,41-45,47,49-50H2,1-2H3,(H,55,59)/b40-38+,48-46+. The summed E-state index contributed by atoms with van der Waals surface area (Å²) in [5, 5.41) is 33.4. The van der Waals surface area contributed by atoms with E-state index in [9.17, 15) is 20.1 Å². The van der Waals surface area contributed by atoms with E-state index in [1.54, 1.807) is 6.08 Å². The zero-order valence-electron chi connectivity index (χ0n) is 39.9. The molecule has 59 heavy (non-hydrogen) atoms. The lowest BCUT2D eigenvalue weighted by molar-refractivity contribution is -0.124. The molecular formula is C54H105NO4. The Bertz CT molecular complexity index is 874. The third-order valence-corrected chi connectivity index (χ3v) is 12.5. The first kappa shape index (κ1) is 57.8. The Kier molecular flexibility index (Phi) is 48.5. The molecule has 4 N–H and O–H groups in total. The maximum absolute atomic E-state index is 12.5. The molecule has 3 unspecified atom stereocenters. The van der Waals surface area contributed by atoms with Crippen molar-refractivity contribution in [2.45, 2.75) is 308 Å². The zero-order chi connectivity index (χ0) is 43.0. The highest BCUT2D eigenvalue weighted by Crippen LogP contribution is 2.17. The maximum atomic E-state index is 12.5. The van der Waals surface area contributed by atoms with Crippen molar-refractivity contribution in [2.24, 2.45) is 0 Å². The van der Waals surface area contributed by atoms with Gasteiger partial charge in [0.1, 0.15) is 0 Å². The van der Waals surface area contributed by atoms with Gasteiger partial charge in [-0.3, -0.25) is 4.79 Å². The summed E-state index contributed by atoms with van der Waals surface area (Å²) in [7, 11) is 0. The van der Waals surface area contributed by atoms with Gasteiger partial charge in [0, 0.05) is 0 Å². The van der Waals surface area contributed by atoms with E-state index < -0.39 is 18.2 Å². The average Bonchev–Trinajstić information content (AvgIpc) is 3.23. The maximum Gasteiger partial charge on any atom is 0.222 e. The number of nitrogens with one attached hydrogen (secondary N) is 1. The minimum absolute atomic E-state index is 0.0102. The van der Waals surface area contributed by atoms with Gasteiger partial charge in [-0.15, -0.1) is 0 Å². The third kappa shape index (κ3) is 46.2. The van der Waals surface area contributed by atoms with Crippen LogP contribution in [-0.4, -0.2) is 46.1 Å². The van der Waals surface area contributed by atoms with Crippen molar-refractivity contribution >= 4 is 5.91 Å². The molecule has 0 fully saturated rings. The molecule has 0 saturated heterocycles. The first-order chi connectivity index (χ1) is 29.0. The number of unbranched alkanes of at least 4 members (excludes halogenated alkanes) is 38. The van der Waals surface area contributed by atoms with E-state index in [1.807, 2.05) is 6.08 Å². The molecule has 5 heteroatoms. The number of amides is 1. The average molecular weight is 832 g/mol. The van der Waals surface area contributed by atoms with Crippen LogP contribution in [0.3, 0.4) is 0 Å². The lowest BCUT2D eigenvalue weighted by Gasteiger charge is -2.21. The van der Waals surface area contributed by atoms with Crippen LogP contribution in [0.15, 0.2) is 24.3 Å². The van der Waals surface area contributed by atoms with Crippen LogP contribution in [-0.2, 0) is 4.79 Å². The van der Waals surface area contributed by atoms with Gasteiger partial charge in [0.15, 0.2) is 0 Å². The highest BCUT2D eigenvalue weighted by atomic mass is 16.3. The van der Waals surface area contributed by atoms with Crippen molar-refractivity contribution in [3.63, 3.8) is 0 Å². The van der Waals surface area contributed by atoms with E-state index in [2.05, 4.69) is 31.3 Å². The highest BCUT2D eigenvalue weighted by Gasteiger charge is 2.20. The normalized spacial score (nSPS) is 13.5. The Balaban J connectivity index is 3.61. The minimum atomic E-state index is -0.950. The topological polar surface area (TPSA) is 89.8 Å². The third-order valence-electron chi connectivity index (χ3n) is 12.5. The van der Waals surface area contributed by atoms with Gasteiger partial charge < -0.3 is 20.6 Å². The summed E-state index contributed by atoms with van der Waals surface area (Å²) < 4.78 is 0. The van der Waals surface area contributed by atoms with E-state index >= 15 is 0 Å². The van der Waals surface area contributed by atoms with Gasteiger partial charge in [-0.25, -0.2) is 0 Å². The zero-order valence-corrected chi connectivity index (χ0v) is 39.9. The Hall–Kier alpha value is -1.17. The molecule has 5 nitrogen and oxygen atoms in total. The molecule has 350 valence electrons.